The third kappa shape index (κ3) is 3.01. The van der Waals surface area contributed by atoms with Gasteiger partial charge in [0.2, 0.25) is 5.91 Å². The zero-order chi connectivity index (χ0) is 18.1. The minimum Gasteiger partial charge on any atom is -0.312 e. The Hall–Kier alpha value is -2.95. The van der Waals surface area contributed by atoms with Gasteiger partial charge in [-0.05, 0) is 35.6 Å². The van der Waals surface area contributed by atoms with E-state index in [9.17, 15) is 4.79 Å². The summed E-state index contributed by atoms with van der Waals surface area (Å²) in [7, 11) is 0. The molecule has 4 rings (SSSR count). The molecule has 1 aliphatic heterocycles. The normalized spacial score (nSPS) is 15.5. The lowest BCUT2D eigenvalue weighted by molar-refractivity contribution is -0.118. The number of hydrogen-bond donors (Lipinski definition) is 0. The molecule has 0 spiro atoms. The van der Waals surface area contributed by atoms with Crippen molar-refractivity contribution in [2.45, 2.75) is 32.1 Å². The maximum atomic E-state index is 12.9. The predicted octanol–water partition coefficient (Wildman–Crippen LogP) is 3.52. The van der Waals surface area contributed by atoms with E-state index in [0.717, 1.165) is 24.3 Å². The van der Waals surface area contributed by atoms with E-state index in [0.29, 0.717) is 5.69 Å². The quantitative estimate of drug-likeness (QED) is 0.729. The van der Waals surface area contributed by atoms with Gasteiger partial charge >= 0.3 is 0 Å². The minimum absolute atomic E-state index is 0.0630. The van der Waals surface area contributed by atoms with Gasteiger partial charge < -0.3 is 4.90 Å². The molecular weight excluding hydrogens is 324 g/mol. The summed E-state index contributed by atoms with van der Waals surface area (Å²) < 4.78 is 0. The lowest BCUT2D eigenvalue weighted by Crippen LogP contribution is -2.41. The number of rotatable bonds is 3. The molecular formula is C21H22N4O. The average Bonchev–Trinajstić information content (AvgIpc) is 3.11. The standard InChI is InChI=1S/C21H22N4O/c1-21(2)12-13-24(19-11-7-6-10-18(19)21)20(26)14-16-15-22-25(23-16)17-8-4-3-5-9-17/h3-11,15H,12-14H2,1-2H3. The van der Waals surface area contributed by atoms with Crippen LogP contribution in [0.25, 0.3) is 5.69 Å². The molecule has 0 atom stereocenters. The molecule has 3 aromatic rings. The van der Waals surface area contributed by atoms with Crippen LogP contribution in [0.15, 0.2) is 60.8 Å². The van der Waals surface area contributed by atoms with Crippen molar-refractivity contribution < 1.29 is 4.79 Å². The van der Waals surface area contributed by atoms with Crippen LogP contribution in [0.5, 0.6) is 0 Å². The van der Waals surface area contributed by atoms with E-state index in [1.54, 1.807) is 11.0 Å². The Morgan fingerprint density at radius 1 is 1.08 bits per heavy atom. The molecule has 2 heterocycles. The molecule has 0 unspecified atom stereocenters. The maximum Gasteiger partial charge on any atom is 0.233 e. The summed E-state index contributed by atoms with van der Waals surface area (Å²) in [5.74, 6) is 0.0630. The molecule has 132 valence electrons. The lowest BCUT2D eigenvalue weighted by atomic mass is 9.77. The SMILES string of the molecule is CC1(C)CCN(C(=O)Cc2cnn(-c3ccccc3)n2)c2ccccc21. The van der Waals surface area contributed by atoms with Crippen LogP contribution < -0.4 is 4.90 Å². The summed E-state index contributed by atoms with van der Waals surface area (Å²) in [6.45, 7) is 5.20. The van der Waals surface area contributed by atoms with Gasteiger partial charge in [0.05, 0.1) is 24.0 Å². The van der Waals surface area contributed by atoms with E-state index in [-0.39, 0.29) is 17.7 Å². The van der Waals surface area contributed by atoms with E-state index in [1.807, 2.05) is 53.4 Å². The molecule has 1 aliphatic rings. The molecule has 0 bridgehead atoms. The summed E-state index contributed by atoms with van der Waals surface area (Å²) in [6, 6.07) is 17.9. The number of carbonyl (C=O) groups is 1. The third-order valence-corrected chi connectivity index (χ3v) is 5.04. The molecule has 0 saturated heterocycles. The van der Waals surface area contributed by atoms with E-state index in [4.69, 9.17) is 0 Å². The topological polar surface area (TPSA) is 51.0 Å². The van der Waals surface area contributed by atoms with Crippen LogP contribution in [0.2, 0.25) is 0 Å². The Bertz CT molecular complexity index is 930. The summed E-state index contributed by atoms with van der Waals surface area (Å²) >= 11 is 0. The smallest absolute Gasteiger partial charge is 0.233 e. The summed E-state index contributed by atoms with van der Waals surface area (Å²) in [5, 5.41) is 8.74. The van der Waals surface area contributed by atoms with Crippen LogP contribution >= 0.6 is 0 Å². The Balaban J connectivity index is 1.55. The van der Waals surface area contributed by atoms with Crippen LogP contribution in [0, 0.1) is 0 Å². The number of amides is 1. The highest BCUT2D eigenvalue weighted by atomic mass is 16.2. The molecule has 26 heavy (non-hydrogen) atoms. The zero-order valence-corrected chi connectivity index (χ0v) is 15.1. The Morgan fingerprint density at radius 3 is 2.62 bits per heavy atom. The highest BCUT2D eigenvalue weighted by molar-refractivity contribution is 5.96. The van der Waals surface area contributed by atoms with Gasteiger partial charge in [-0.15, -0.1) is 0 Å². The second-order valence-corrected chi connectivity index (χ2v) is 7.33. The van der Waals surface area contributed by atoms with E-state index in [1.165, 1.54) is 5.56 Å². The lowest BCUT2D eigenvalue weighted by Gasteiger charge is -2.39. The first kappa shape index (κ1) is 16.5. The molecule has 0 radical (unpaired) electrons. The number of benzene rings is 2. The number of carbonyl (C=O) groups excluding carboxylic acids is 1. The van der Waals surface area contributed by atoms with Gasteiger partial charge in [-0.2, -0.15) is 15.0 Å². The minimum atomic E-state index is 0.0630. The van der Waals surface area contributed by atoms with Gasteiger partial charge in [-0.3, -0.25) is 4.79 Å². The Morgan fingerprint density at radius 2 is 1.81 bits per heavy atom. The van der Waals surface area contributed by atoms with Gasteiger partial charge in [-0.25, -0.2) is 0 Å². The largest absolute Gasteiger partial charge is 0.312 e. The number of anilines is 1. The van der Waals surface area contributed by atoms with Crippen molar-refractivity contribution in [2.24, 2.45) is 0 Å². The molecule has 0 N–H and O–H groups in total. The average molecular weight is 346 g/mol. The fraction of sp³-hybridized carbons (Fsp3) is 0.286. The number of nitrogens with zero attached hydrogens (tertiary/aromatic N) is 4. The van der Waals surface area contributed by atoms with E-state index in [2.05, 4.69) is 30.1 Å². The fourth-order valence-electron chi connectivity index (χ4n) is 3.50. The van der Waals surface area contributed by atoms with Crippen LogP contribution in [-0.2, 0) is 16.6 Å². The first-order valence-electron chi connectivity index (χ1n) is 8.91. The Kier molecular flexibility index (Phi) is 4.07. The van der Waals surface area contributed by atoms with Gasteiger partial charge in [-0.1, -0.05) is 50.2 Å². The second kappa shape index (κ2) is 6.41. The third-order valence-electron chi connectivity index (χ3n) is 5.04. The van der Waals surface area contributed by atoms with Crippen molar-refractivity contribution in [1.29, 1.82) is 0 Å². The molecule has 0 saturated carbocycles. The molecule has 0 aliphatic carbocycles. The van der Waals surface area contributed by atoms with Crippen molar-refractivity contribution in [2.75, 3.05) is 11.4 Å². The van der Waals surface area contributed by atoms with E-state index >= 15 is 0 Å². The van der Waals surface area contributed by atoms with Crippen molar-refractivity contribution in [3.8, 4) is 5.69 Å². The van der Waals surface area contributed by atoms with Crippen LogP contribution in [-0.4, -0.2) is 27.4 Å². The van der Waals surface area contributed by atoms with E-state index < -0.39 is 0 Å². The maximum absolute atomic E-state index is 12.9. The second-order valence-electron chi connectivity index (χ2n) is 7.33. The number of para-hydroxylation sites is 2. The molecule has 2 aromatic carbocycles. The van der Waals surface area contributed by atoms with Gasteiger partial charge in [0, 0.05) is 12.2 Å². The number of aromatic nitrogens is 3. The van der Waals surface area contributed by atoms with Gasteiger partial charge in [0.1, 0.15) is 0 Å². The zero-order valence-electron chi connectivity index (χ0n) is 15.1. The van der Waals surface area contributed by atoms with Crippen molar-refractivity contribution in [3.05, 3.63) is 72.1 Å². The monoisotopic (exact) mass is 346 g/mol. The highest BCUT2D eigenvalue weighted by Crippen LogP contribution is 2.39. The van der Waals surface area contributed by atoms with Crippen LogP contribution in [0.4, 0.5) is 5.69 Å². The van der Waals surface area contributed by atoms with Gasteiger partial charge in [0.15, 0.2) is 0 Å². The van der Waals surface area contributed by atoms with Crippen molar-refractivity contribution in [1.82, 2.24) is 15.0 Å². The summed E-state index contributed by atoms with van der Waals surface area (Å²) in [6.07, 6.45) is 2.87. The van der Waals surface area contributed by atoms with Crippen LogP contribution in [0.3, 0.4) is 0 Å². The van der Waals surface area contributed by atoms with Crippen molar-refractivity contribution in [3.63, 3.8) is 0 Å². The molecule has 5 nitrogen and oxygen atoms in total. The Labute approximate surface area is 153 Å². The first-order chi connectivity index (χ1) is 12.5. The first-order valence-corrected chi connectivity index (χ1v) is 8.91. The number of fused-ring (bicyclic) bond motifs is 1. The molecule has 1 aromatic heterocycles. The molecule has 0 fully saturated rings. The predicted molar refractivity (Wildman–Crippen MR) is 102 cm³/mol. The fourth-order valence-corrected chi connectivity index (χ4v) is 3.50. The summed E-state index contributed by atoms with van der Waals surface area (Å²) in [5.41, 5.74) is 3.90. The number of hydrogen-bond acceptors (Lipinski definition) is 3. The van der Waals surface area contributed by atoms with Gasteiger partial charge in [0.25, 0.3) is 0 Å². The summed E-state index contributed by atoms with van der Waals surface area (Å²) in [4.78, 5) is 16.4. The molecule has 5 heteroatoms. The van der Waals surface area contributed by atoms with Crippen molar-refractivity contribution >= 4 is 11.6 Å². The van der Waals surface area contributed by atoms with Crippen LogP contribution in [0.1, 0.15) is 31.5 Å². The highest BCUT2D eigenvalue weighted by Gasteiger charge is 2.33. The molecule has 1 amide bonds.